The van der Waals surface area contributed by atoms with E-state index in [0.717, 1.165) is 43.0 Å². The summed E-state index contributed by atoms with van der Waals surface area (Å²) < 4.78 is 10.5. The molecule has 1 amide bonds. The highest BCUT2D eigenvalue weighted by atomic mass is 16.5. The van der Waals surface area contributed by atoms with Crippen LogP contribution in [0.15, 0.2) is 18.2 Å². The van der Waals surface area contributed by atoms with Crippen LogP contribution in [0.1, 0.15) is 24.8 Å². The summed E-state index contributed by atoms with van der Waals surface area (Å²) in [6.07, 6.45) is 3.28. The first-order valence-electron chi connectivity index (χ1n) is 7.44. The second kappa shape index (κ2) is 7.88. The largest absolute Gasteiger partial charge is 0.497 e. The van der Waals surface area contributed by atoms with Gasteiger partial charge in [0.1, 0.15) is 11.5 Å². The van der Waals surface area contributed by atoms with Crippen LogP contribution in [-0.4, -0.2) is 39.3 Å². The predicted molar refractivity (Wildman–Crippen MR) is 81.9 cm³/mol. The highest BCUT2D eigenvalue weighted by molar-refractivity contribution is 5.76. The molecule has 1 aromatic carbocycles. The molecule has 0 radical (unpaired) electrons. The Labute approximate surface area is 126 Å². The Bertz CT molecular complexity index is 471. The second-order valence-corrected chi connectivity index (χ2v) is 5.29. The van der Waals surface area contributed by atoms with E-state index in [2.05, 4.69) is 10.6 Å². The van der Waals surface area contributed by atoms with Crippen LogP contribution in [0.5, 0.6) is 11.5 Å². The molecule has 1 aliphatic heterocycles. The molecule has 2 rings (SSSR count). The fraction of sp³-hybridized carbons (Fsp3) is 0.562. The van der Waals surface area contributed by atoms with Gasteiger partial charge >= 0.3 is 0 Å². The maximum atomic E-state index is 12.0. The lowest BCUT2D eigenvalue weighted by Crippen LogP contribution is -2.45. The first kappa shape index (κ1) is 15.6. The molecule has 0 aromatic heterocycles. The normalized spacial score (nSPS) is 18.1. The third kappa shape index (κ3) is 4.63. The van der Waals surface area contributed by atoms with Crippen molar-refractivity contribution in [3.63, 3.8) is 0 Å². The van der Waals surface area contributed by atoms with Gasteiger partial charge in [0.15, 0.2) is 0 Å². The number of aryl methyl sites for hydroxylation is 1. The van der Waals surface area contributed by atoms with E-state index in [-0.39, 0.29) is 11.9 Å². The van der Waals surface area contributed by atoms with Crippen LogP contribution < -0.4 is 20.1 Å². The number of carbonyl (C=O) groups excluding carboxylic acids is 1. The van der Waals surface area contributed by atoms with Gasteiger partial charge in [-0.05, 0) is 49.6 Å². The molecule has 21 heavy (non-hydrogen) atoms. The van der Waals surface area contributed by atoms with Crippen molar-refractivity contribution in [2.75, 3.05) is 27.3 Å². The molecule has 1 atom stereocenters. The molecule has 5 heteroatoms. The Morgan fingerprint density at radius 1 is 1.38 bits per heavy atom. The Morgan fingerprint density at radius 3 is 2.90 bits per heavy atom. The van der Waals surface area contributed by atoms with Crippen molar-refractivity contribution < 1.29 is 14.3 Å². The first-order chi connectivity index (χ1) is 10.2. The zero-order chi connectivity index (χ0) is 15.1. The van der Waals surface area contributed by atoms with Gasteiger partial charge in [-0.3, -0.25) is 4.79 Å². The van der Waals surface area contributed by atoms with Crippen molar-refractivity contribution >= 4 is 5.91 Å². The van der Waals surface area contributed by atoms with Crippen LogP contribution in [0.3, 0.4) is 0 Å². The average Bonchev–Trinajstić information content (AvgIpc) is 2.53. The summed E-state index contributed by atoms with van der Waals surface area (Å²) in [5.74, 6) is 1.67. The fourth-order valence-corrected chi connectivity index (χ4v) is 2.60. The topological polar surface area (TPSA) is 59.6 Å². The van der Waals surface area contributed by atoms with E-state index in [4.69, 9.17) is 9.47 Å². The van der Waals surface area contributed by atoms with E-state index in [1.807, 2.05) is 18.2 Å². The van der Waals surface area contributed by atoms with Crippen molar-refractivity contribution in [2.45, 2.75) is 31.7 Å². The number of piperidine rings is 1. The zero-order valence-electron chi connectivity index (χ0n) is 12.8. The average molecular weight is 292 g/mol. The molecule has 1 fully saturated rings. The smallest absolute Gasteiger partial charge is 0.220 e. The molecule has 1 unspecified atom stereocenters. The van der Waals surface area contributed by atoms with Crippen LogP contribution >= 0.6 is 0 Å². The van der Waals surface area contributed by atoms with Gasteiger partial charge in [-0.1, -0.05) is 0 Å². The van der Waals surface area contributed by atoms with Crippen LogP contribution in [0.25, 0.3) is 0 Å². The van der Waals surface area contributed by atoms with Gasteiger partial charge in [-0.15, -0.1) is 0 Å². The highest BCUT2D eigenvalue weighted by Crippen LogP contribution is 2.25. The third-order valence-electron chi connectivity index (χ3n) is 3.77. The second-order valence-electron chi connectivity index (χ2n) is 5.29. The van der Waals surface area contributed by atoms with Gasteiger partial charge in [0, 0.05) is 19.0 Å². The van der Waals surface area contributed by atoms with Crippen LogP contribution in [0.4, 0.5) is 0 Å². The summed E-state index contributed by atoms with van der Waals surface area (Å²) in [5, 5.41) is 6.38. The van der Waals surface area contributed by atoms with Crippen LogP contribution in [0.2, 0.25) is 0 Å². The first-order valence-corrected chi connectivity index (χ1v) is 7.44. The Hall–Kier alpha value is -1.75. The minimum absolute atomic E-state index is 0.0913. The summed E-state index contributed by atoms with van der Waals surface area (Å²) in [6.45, 7) is 1.92. The third-order valence-corrected chi connectivity index (χ3v) is 3.77. The maximum Gasteiger partial charge on any atom is 0.220 e. The number of rotatable bonds is 6. The van der Waals surface area contributed by atoms with Crippen LogP contribution in [0, 0.1) is 0 Å². The van der Waals surface area contributed by atoms with E-state index < -0.39 is 0 Å². The minimum Gasteiger partial charge on any atom is -0.497 e. The summed E-state index contributed by atoms with van der Waals surface area (Å²) in [5.41, 5.74) is 0.994. The van der Waals surface area contributed by atoms with Crippen molar-refractivity contribution in [3.8, 4) is 11.5 Å². The Kier molecular flexibility index (Phi) is 5.87. The molecule has 116 valence electrons. The SMILES string of the molecule is COc1ccc(OC)c(CCC(=O)NC2CCCNC2)c1. The van der Waals surface area contributed by atoms with Crippen molar-refractivity contribution in [1.82, 2.24) is 10.6 Å². The molecule has 1 saturated heterocycles. The Morgan fingerprint density at radius 2 is 2.24 bits per heavy atom. The summed E-state index contributed by atoms with van der Waals surface area (Å²) >= 11 is 0. The molecule has 0 saturated carbocycles. The number of ether oxygens (including phenoxy) is 2. The molecule has 1 aromatic rings. The highest BCUT2D eigenvalue weighted by Gasteiger charge is 2.15. The number of hydrogen-bond donors (Lipinski definition) is 2. The lowest BCUT2D eigenvalue weighted by atomic mass is 10.1. The number of carbonyl (C=O) groups is 1. The quantitative estimate of drug-likeness (QED) is 0.834. The summed E-state index contributed by atoms with van der Waals surface area (Å²) in [7, 11) is 3.27. The van der Waals surface area contributed by atoms with E-state index in [1.165, 1.54) is 0 Å². The van der Waals surface area contributed by atoms with E-state index in [0.29, 0.717) is 12.8 Å². The maximum absolute atomic E-state index is 12.0. The number of hydrogen-bond acceptors (Lipinski definition) is 4. The van der Waals surface area contributed by atoms with E-state index in [9.17, 15) is 4.79 Å². The van der Waals surface area contributed by atoms with Gasteiger partial charge in [-0.25, -0.2) is 0 Å². The monoisotopic (exact) mass is 292 g/mol. The molecule has 1 aliphatic rings. The molecule has 0 aliphatic carbocycles. The molecule has 0 bridgehead atoms. The molecule has 2 N–H and O–H groups in total. The molecule has 1 heterocycles. The van der Waals surface area contributed by atoms with Crippen molar-refractivity contribution in [2.24, 2.45) is 0 Å². The predicted octanol–water partition coefficient (Wildman–Crippen LogP) is 1.50. The van der Waals surface area contributed by atoms with Crippen LogP contribution in [-0.2, 0) is 11.2 Å². The number of methoxy groups -OCH3 is 2. The van der Waals surface area contributed by atoms with Crippen molar-refractivity contribution in [1.29, 1.82) is 0 Å². The zero-order valence-corrected chi connectivity index (χ0v) is 12.8. The molecular weight excluding hydrogens is 268 g/mol. The summed E-state index contributed by atoms with van der Waals surface area (Å²) in [6, 6.07) is 5.92. The van der Waals surface area contributed by atoms with Gasteiger partial charge in [0.2, 0.25) is 5.91 Å². The lowest BCUT2D eigenvalue weighted by Gasteiger charge is -2.23. The van der Waals surface area contributed by atoms with Gasteiger partial charge < -0.3 is 20.1 Å². The minimum atomic E-state index is 0.0913. The van der Waals surface area contributed by atoms with Gasteiger partial charge in [-0.2, -0.15) is 0 Å². The Balaban J connectivity index is 1.87. The van der Waals surface area contributed by atoms with E-state index in [1.54, 1.807) is 14.2 Å². The lowest BCUT2D eigenvalue weighted by molar-refractivity contribution is -0.121. The number of benzene rings is 1. The standard InChI is InChI=1S/C16H24N2O3/c1-20-14-6-7-15(21-2)12(10-14)5-8-16(19)18-13-4-3-9-17-11-13/h6-7,10,13,17H,3-5,8-9,11H2,1-2H3,(H,18,19). The molecule has 5 nitrogen and oxygen atoms in total. The number of nitrogens with one attached hydrogen (secondary N) is 2. The molecule has 0 spiro atoms. The van der Waals surface area contributed by atoms with Gasteiger partial charge in [0.25, 0.3) is 0 Å². The van der Waals surface area contributed by atoms with Gasteiger partial charge in [0.05, 0.1) is 14.2 Å². The fourth-order valence-electron chi connectivity index (χ4n) is 2.60. The summed E-state index contributed by atoms with van der Waals surface area (Å²) in [4.78, 5) is 12.0. The molecular formula is C16H24N2O3. The van der Waals surface area contributed by atoms with Crippen molar-refractivity contribution in [3.05, 3.63) is 23.8 Å². The van der Waals surface area contributed by atoms with E-state index >= 15 is 0 Å². The number of amides is 1.